The maximum absolute atomic E-state index is 12.9. The Bertz CT molecular complexity index is 973. The van der Waals surface area contributed by atoms with E-state index >= 15 is 0 Å². The molecule has 1 aromatic rings. The van der Waals surface area contributed by atoms with E-state index in [2.05, 4.69) is 27.6 Å². The Morgan fingerprint density at radius 1 is 1.41 bits per heavy atom. The zero-order valence-corrected chi connectivity index (χ0v) is 17.2. The summed E-state index contributed by atoms with van der Waals surface area (Å²) in [6.07, 6.45) is 0.618. The Morgan fingerprint density at radius 2 is 2.14 bits per heavy atom. The number of rotatable bonds is 4. The van der Waals surface area contributed by atoms with E-state index < -0.39 is 28.5 Å². The number of carbonyl (C=O) groups is 2. The molecular weight excluding hydrogens is 396 g/mol. The highest BCUT2D eigenvalue weighted by atomic mass is 32.2. The van der Waals surface area contributed by atoms with Gasteiger partial charge in [-0.2, -0.15) is 5.26 Å². The van der Waals surface area contributed by atoms with Crippen LogP contribution >= 0.6 is 0 Å². The number of urea groups is 1. The molecule has 3 unspecified atom stereocenters. The maximum Gasteiger partial charge on any atom is 0.336 e. The van der Waals surface area contributed by atoms with Gasteiger partial charge in [0.05, 0.1) is 11.8 Å². The van der Waals surface area contributed by atoms with E-state index in [1.165, 1.54) is 6.07 Å². The number of benzene rings is 1. The molecule has 4 atom stereocenters. The van der Waals surface area contributed by atoms with Gasteiger partial charge in [-0.25, -0.2) is 22.9 Å². The molecule has 2 heterocycles. The van der Waals surface area contributed by atoms with Crippen molar-refractivity contribution in [1.82, 2.24) is 20.5 Å². The predicted octanol–water partition coefficient (Wildman–Crippen LogP) is 0.431. The molecule has 2 aliphatic heterocycles. The lowest BCUT2D eigenvalue weighted by molar-refractivity contribution is -0.121. The second-order valence-corrected chi connectivity index (χ2v) is 9.26. The van der Waals surface area contributed by atoms with E-state index in [1.54, 1.807) is 26.0 Å². The van der Waals surface area contributed by atoms with Gasteiger partial charge in [-0.1, -0.05) is 19.1 Å². The summed E-state index contributed by atoms with van der Waals surface area (Å²) in [6, 6.07) is 5.24. The molecule has 1 fully saturated rings. The molecule has 0 aliphatic carbocycles. The second-order valence-electron chi connectivity index (χ2n) is 7.46. The van der Waals surface area contributed by atoms with Crippen LogP contribution in [0.3, 0.4) is 0 Å². The third kappa shape index (κ3) is 4.05. The standard InChI is InChI=1S/C18H24N6O4S/c1-10-5-4-6-14-17(10)29(27,28)24(18(26)21-14)9-15(25)20-12(3)16-11(2)7-13(8-19)22-23-16/h4-6,11-13,16,22-23H,7,9H2,1-3H3,(H,20,25)(H,21,26)/t11?,12-,13?,16?/m1/s1. The number of hydrogen-bond donors (Lipinski definition) is 4. The molecule has 0 saturated carbocycles. The summed E-state index contributed by atoms with van der Waals surface area (Å²) in [5, 5.41) is 14.3. The second kappa shape index (κ2) is 7.98. The normalized spacial score (nSPS) is 26.6. The Morgan fingerprint density at radius 3 is 2.79 bits per heavy atom. The highest BCUT2D eigenvalue weighted by molar-refractivity contribution is 7.90. The van der Waals surface area contributed by atoms with Crippen LogP contribution in [0.1, 0.15) is 25.8 Å². The molecule has 10 nitrogen and oxygen atoms in total. The van der Waals surface area contributed by atoms with Gasteiger partial charge in [0, 0.05) is 12.1 Å². The largest absolute Gasteiger partial charge is 0.350 e. The van der Waals surface area contributed by atoms with Crippen molar-refractivity contribution in [3.05, 3.63) is 23.8 Å². The van der Waals surface area contributed by atoms with Crippen LogP contribution in [0, 0.1) is 24.2 Å². The monoisotopic (exact) mass is 420 g/mol. The molecule has 1 saturated heterocycles. The third-order valence-corrected chi connectivity index (χ3v) is 7.18. The van der Waals surface area contributed by atoms with Gasteiger partial charge in [0.2, 0.25) is 5.91 Å². The van der Waals surface area contributed by atoms with Crippen molar-refractivity contribution in [2.75, 3.05) is 11.9 Å². The zero-order chi connectivity index (χ0) is 21.3. The summed E-state index contributed by atoms with van der Waals surface area (Å²) in [5.41, 5.74) is 6.61. The average Bonchev–Trinajstić information content (AvgIpc) is 2.64. The molecule has 11 heteroatoms. The van der Waals surface area contributed by atoms with E-state index in [0.717, 1.165) is 0 Å². The number of nitrogens with one attached hydrogen (secondary N) is 4. The van der Waals surface area contributed by atoms with Crippen molar-refractivity contribution in [3.63, 3.8) is 0 Å². The summed E-state index contributed by atoms with van der Waals surface area (Å²) in [5.74, 6) is -0.489. The molecule has 1 aromatic carbocycles. The Hall–Kier alpha value is -2.68. The molecule has 3 amide bonds. The van der Waals surface area contributed by atoms with Crippen LogP contribution in [-0.4, -0.2) is 49.3 Å². The van der Waals surface area contributed by atoms with E-state index in [0.29, 0.717) is 16.3 Å². The number of carbonyl (C=O) groups excluding carboxylic acids is 2. The molecule has 29 heavy (non-hydrogen) atoms. The van der Waals surface area contributed by atoms with Gasteiger partial charge >= 0.3 is 6.03 Å². The minimum atomic E-state index is -4.14. The lowest BCUT2D eigenvalue weighted by Crippen LogP contribution is -2.62. The smallest absolute Gasteiger partial charge is 0.336 e. The Labute approximate surface area is 169 Å². The quantitative estimate of drug-likeness (QED) is 0.553. The highest BCUT2D eigenvalue weighted by Gasteiger charge is 2.39. The first kappa shape index (κ1) is 21.0. The van der Waals surface area contributed by atoms with E-state index in [4.69, 9.17) is 5.26 Å². The average molecular weight is 420 g/mol. The molecular formula is C18H24N6O4S. The fourth-order valence-corrected chi connectivity index (χ4v) is 5.43. The first-order valence-corrected chi connectivity index (χ1v) is 10.7. The van der Waals surface area contributed by atoms with Gasteiger partial charge < -0.3 is 10.6 Å². The Kier molecular flexibility index (Phi) is 5.79. The van der Waals surface area contributed by atoms with Crippen LogP contribution in [0.4, 0.5) is 10.5 Å². The fraction of sp³-hybridized carbons (Fsp3) is 0.500. The van der Waals surface area contributed by atoms with E-state index in [9.17, 15) is 18.0 Å². The van der Waals surface area contributed by atoms with Crippen molar-refractivity contribution in [2.24, 2.45) is 5.92 Å². The number of hydrogen-bond acceptors (Lipinski definition) is 7. The number of anilines is 1. The summed E-state index contributed by atoms with van der Waals surface area (Å²) in [6.45, 7) is 4.76. The minimum Gasteiger partial charge on any atom is -0.350 e. The third-order valence-electron chi connectivity index (χ3n) is 5.24. The first-order chi connectivity index (χ1) is 13.6. The highest BCUT2D eigenvalue weighted by Crippen LogP contribution is 2.32. The fourth-order valence-electron chi connectivity index (χ4n) is 3.79. The molecule has 0 aromatic heterocycles. The van der Waals surface area contributed by atoms with Crippen molar-refractivity contribution >= 4 is 27.6 Å². The lowest BCUT2D eigenvalue weighted by Gasteiger charge is -2.37. The summed E-state index contributed by atoms with van der Waals surface area (Å²) < 4.78 is 26.4. The van der Waals surface area contributed by atoms with Gasteiger partial charge in [-0.15, -0.1) is 0 Å². The predicted molar refractivity (Wildman–Crippen MR) is 105 cm³/mol. The minimum absolute atomic E-state index is 0.00485. The summed E-state index contributed by atoms with van der Waals surface area (Å²) in [4.78, 5) is 24.8. The van der Waals surface area contributed by atoms with Gasteiger partial charge in [0.25, 0.3) is 10.0 Å². The van der Waals surface area contributed by atoms with Crippen LogP contribution in [0.25, 0.3) is 0 Å². The molecule has 0 bridgehead atoms. The number of amides is 3. The molecule has 0 spiro atoms. The maximum atomic E-state index is 12.9. The van der Waals surface area contributed by atoms with Crippen LogP contribution in [0.2, 0.25) is 0 Å². The molecule has 3 rings (SSSR count). The SMILES string of the molecule is Cc1cccc2c1S(=O)(=O)N(CC(=O)N[C@H](C)C1NNC(C#N)CC1C)C(=O)N2. The van der Waals surface area contributed by atoms with Gasteiger partial charge in [0.1, 0.15) is 17.5 Å². The number of fused-ring (bicyclic) bond motifs is 1. The van der Waals surface area contributed by atoms with Crippen molar-refractivity contribution in [2.45, 2.75) is 50.2 Å². The number of nitriles is 1. The lowest BCUT2D eigenvalue weighted by atomic mass is 9.89. The van der Waals surface area contributed by atoms with Gasteiger partial charge in [-0.3, -0.25) is 10.2 Å². The van der Waals surface area contributed by atoms with Crippen LogP contribution in [-0.2, 0) is 14.8 Å². The zero-order valence-electron chi connectivity index (χ0n) is 16.4. The van der Waals surface area contributed by atoms with Crippen molar-refractivity contribution < 1.29 is 18.0 Å². The number of sulfonamides is 1. The van der Waals surface area contributed by atoms with Gasteiger partial charge in [-0.05, 0) is 37.8 Å². The number of hydrazine groups is 1. The summed E-state index contributed by atoms with van der Waals surface area (Å²) >= 11 is 0. The molecule has 4 N–H and O–H groups in total. The van der Waals surface area contributed by atoms with E-state index in [1.807, 2.05) is 6.92 Å². The molecule has 0 radical (unpaired) electrons. The number of nitrogens with zero attached hydrogens (tertiary/aromatic N) is 2. The summed E-state index contributed by atoms with van der Waals surface area (Å²) in [7, 11) is -4.14. The van der Waals surface area contributed by atoms with Crippen molar-refractivity contribution in [1.29, 1.82) is 5.26 Å². The molecule has 156 valence electrons. The van der Waals surface area contributed by atoms with Crippen LogP contribution < -0.4 is 21.5 Å². The van der Waals surface area contributed by atoms with Crippen LogP contribution in [0.15, 0.2) is 23.1 Å². The molecule has 2 aliphatic rings. The van der Waals surface area contributed by atoms with Gasteiger partial charge in [0.15, 0.2) is 0 Å². The van der Waals surface area contributed by atoms with Crippen molar-refractivity contribution in [3.8, 4) is 6.07 Å². The number of aryl methyl sites for hydroxylation is 1. The van der Waals surface area contributed by atoms with E-state index in [-0.39, 0.29) is 34.6 Å². The topological polar surface area (TPSA) is 143 Å². The first-order valence-electron chi connectivity index (χ1n) is 9.28. The Balaban J connectivity index is 1.70. The van der Waals surface area contributed by atoms with Crippen LogP contribution in [0.5, 0.6) is 0 Å².